The van der Waals surface area contributed by atoms with Gasteiger partial charge in [-0.15, -0.1) is 20.4 Å². The molecule has 9 rings (SSSR count). The Labute approximate surface area is 398 Å². The molecule has 18 nitrogen and oxygen atoms in total. The van der Waals surface area contributed by atoms with Crippen molar-refractivity contribution in [3.05, 3.63) is 108 Å². The second kappa shape index (κ2) is 27.5. The van der Waals surface area contributed by atoms with Gasteiger partial charge in [-0.25, -0.2) is 9.97 Å². The summed E-state index contributed by atoms with van der Waals surface area (Å²) in [7, 11) is 0. The van der Waals surface area contributed by atoms with Crippen molar-refractivity contribution in [3.63, 3.8) is 0 Å². The maximum Gasteiger partial charge on any atom is 0.446 e. The summed E-state index contributed by atoms with van der Waals surface area (Å²) in [5.41, 5.74) is 6.16. The second-order valence-corrected chi connectivity index (χ2v) is 15.3. The van der Waals surface area contributed by atoms with Crippen LogP contribution < -0.4 is 0 Å². The number of aliphatic carboxylic acids is 1. The molecule has 0 aromatic carbocycles. The van der Waals surface area contributed by atoms with Crippen LogP contribution in [0.3, 0.4) is 0 Å². The topological polar surface area (TPSA) is 230 Å². The largest absolute Gasteiger partial charge is 0.481 e. The normalized spacial score (nSPS) is 14.6. The van der Waals surface area contributed by atoms with Crippen LogP contribution in [0.5, 0.6) is 0 Å². The van der Waals surface area contributed by atoms with E-state index in [1.807, 2.05) is 51.5 Å². The van der Waals surface area contributed by atoms with E-state index in [1.165, 1.54) is 18.4 Å². The number of carbonyl (C=O) groups excluding carboxylic acids is 4. The van der Waals surface area contributed by atoms with Crippen molar-refractivity contribution in [1.82, 2.24) is 44.1 Å². The van der Waals surface area contributed by atoms with Crippen LogP contribution in [-0.4, -0.2) is 98.5 Å². The van der Waals surface area contributed by atoms with Gasteiger partial charge in [-0.2, -0.15) is 13.2 Å². The molecule has 0 spiro atoms. The van der Waals surface area contributed by atoms with Crippen molar-refractivity contribution in [2.45, 2.75) is 124 Å². The number of aryl methyl sites for hydroxylation is 4. The third kappa shape index (κ3) is 16.8. The van der Waals surface area contributed by atoms with E-state index >= 15 is 0 Å². The molecule has 1 fully saturated rings. The minimum atomic E-state index is -4.64. The van der Waals surface area contributed by atoms with E-state index in [1.54, 1.807) is 37.0 Å². The molecule has 3 aliphatic rings. The van der Waals surface area contributed by atoms with Crippen molar-refractivity contribution < 1.29 is 57.2 Å². The summed E-state index contributed by atoms with van der Waals surface area (Å²) in [6, 6.07) is 7.72. The molecular formula is C48H58F3N9O9. The lowest BCUT2D eigenvalue weighted by atomic mass is 9.95. The zero-order valence-corrected chi connectivity index (χ0v) is 37.6. The first-order chi connectivity index (χ1) is 33.3. The van der Waals surface area contributed by atoms with Crippen molar-refractivity contribution in [3.8, 4) is 0 Å². The number of hydrogen-bond acceptors (Lipinski definition) is 14. The van der Waals surface area contributed by atoms with Gasteiger partial charge in [0.25, 0.3) is 0 Å². The molecule has 6 aromatic heterocycles. The molecule has 0 saturated carbocycles. The van der Waals surface area contributed by atoms with Gasteiger partial charge in [0.15, 0.2) is 11.3 Å². The molecule has 21 heteroatoms. The number of aldehydes is 1. The van der Waals surface area contributed by atoms with E-state index in [2.05, 4.69) is 41.2 Å². The SMILES string of the molecule is C.C1=C(c2cnc(CCc3ccco3)n3cnnc23)CCCC1.O=C(O)CCCC(=O)N1CC=C(c2cnc(CCc3ccco3)n3cnnc23)CC1.O=C1CCCC(=O)O1.O=CC(F)(F)F.[2H]CC. The number of aromatic nitrogens is 8. The van der Waals surface area contributed by atoms with E-state index in [0.29, 0.717) is 58.5 Å². The molecule has 69 heavy (non-hydrogen) atoms. The highest BCUT2D eigenvalue weighted by Crippen LogP contribution is 2.29. The number of esters is 2. The van der Waals surface area contributed by atoms with E-state index in [0.717, 1.165) is 83.3 Å². The Morgan fingerprint density at radius 2 is 1.33 bits per heavy atom. The van der Waals surface area contributed by atoms with Crippen LogP contribution in [0.15, 0.2) is 82.8 Å². The van der Waals surface area contributed by atoms with E-state index in [4.69, 9.17) is 20.1 Å². The first-order valence-electron chi connectivity index (χ1n) is 22.8. The average Bonchev–Trinajstić information content (AvgIpc) is 4.20. The van der Waals surface area contributed by atoms with Gasteiger partial charge >= 0.3 is 24.1 Å². The minimum Gasteiger partial charge on any atom is -0.481 e. The summed E-state index contributed by atoms with van der Waals surface area (Å²) in [5, 5.41) is 25.4. The van der Waals surface area contributed by atoms with E-state index < -0.39 is 18.4 Å². The van der Waals surface area contributed by atoms with Crippen LogP contribution in [0.25, 0.3) is 22.4 Å². The molecule has 0 radical (unpaired) electrons. The molecule has 0 unspecified atom stereocenters. The number of rotatable bonds is 12. The monoisotopic (exact) mass is 962 g/mol. The highest BCUT2D eigenvalue weighted by Gasteiger charge is 2.25. The summed E-state index contributed by atoms with van der Waals surface area (Å²) in [4.78, 5) is 63.1. The third-order valence-corrected chi connectivity index (χ3v) is 10.6. The smallest absolute Gasteiger partial charge is 0.446 e. The fourth-order valence-corrected chi connectivity index (χ4v) is 7.31. The number of amides is 1. The van der Waals surface area contributed by atoms with Crippen LogP contribution >= 0.6 is 0 Å². The molecule has 1 amide bonds. The first-order valence-corrected chi connectivity index (χ1v) is 22.1. The molecule has 1 saturated heterocycles. The number of nitrogens with zero attached hydrogens (tertiary/aromatic N) is 9. The zero-order chi connectivity index (χ0) is 49.6. The van der Waals surface area contributed by atoms with E-state index in [9.17, 15) is 32.3 Å². The molecule has 370 valence electrons. The maximum absolute atomic E-state index is 12.3. The minimum absolute atomic E-state index is 0. The number of carboxylic acid groups (broad SMARTS) is 1. The molecule has 0 atom stereocenters. The molecule has 1 aliphatic carbocycles. The molecule has 1 N–H and O–H groups in total. The Hall–Kier alpha value is -7.32. The van der Waals surface area contributed by atoms with Crippen molar-refractivity contribution in [2.75, 3.05) is 13.1 Å². The quantitative estimate of drug-likeness (QED) is 0.0688. The fraction of sp³-hybridized carbons (Fsp3) is 0.438. The van der Waals surface area contributed by atoms with E-state index in [-0.39, 0.29) is 38.1 Å². The number of hydrogen-bond donors (Lipinski definition) is 1. The highest BCUT2D eigenvalue weighted by atomic mass is 19.4. The van der Waals surface area contributed by atoms with Crippen LogP contribution in [0, 0.1) is 0 Å². The fourth-order valence-electron chi connectivity index (χ4n) is 7.31. The van der Waals surface area contributed by atoms with Gasteiger partial charge in [-0.1, -0.05) is 33.4 Å². The van der Waals surface area contributed by atoms with Gasteiger partial charge in [0.2, 0.25) is 12.2 Å². The predicted octanol–water partition coefficient (Wildman–Crippen LogP) is 8.48. The van der Waals surface area contributed by atoms with Crippen LogP contribution in [0.2, 0.25) is 0 Å². The number of furan rings is 2. The molecule has 0 bridgehead atoms. The number of carbonyl (C=O) groups is 5. The number of ether oxygens (including phenoxy) is 1. The Morgan fingerprint density at radius 1 is 0.797 bits per heavy atom. The number of cyclic esters (lactones) is 2. The van der Waals surface area contributed by atoms with Gasteiger partial charge in [0.1, 0.15) is 35.8 Å². The summed E-state index contributed by atoms with van der Waals surface area (Å²) in [6.07, 6.45) is 19.9. The average molecular weight is 963 g/mol. The number of halogens is 3. The van der Waals surface area contributed by atoms with Crippen LogP contribution in [0.1, 0.15) is 128 Å². The summed E-state index contributed by atoms with van der Waals surface area (Å²) in [5.74, 6) is 2.06. The summed E-state index contributed by atoms with van der Waals surface area (Å²) in [6.45, 7) is 3.39. The molecule has 8 heterocycles. The summed E-state index contributed by atoms with van der Waals surface area (Å²) < 4.78 is 56.4. The maximum atomic E-state index is 12.3. The van der Waals surface area contributed by atoms with Crippen molar-refractivity contribution in [1.29, 1.82) is 0 Å². The highest BCUT2D eigenvalue weighted by molar-refractivity contribution is 5.87. The second-order valence-electron chi connectivity index (χ2n) is 15.3. The lowest BCUT2D eigenvalue weighted by molar-refractivity contribution is -0.163. The van der Waals surface area contributed by atoms with Gasteiger partial charge in [-0.3, -0.25) is 32.8 Å². The lowest BCUT2D eigenvalue weighted by Gasteiger charge is -2.26. The number of carboxylic acids is 1. The van der Waals surface area contributed by atoms with Crippen LogP contribution in [0.4, 0.5) is 13.2 Å². The number of fused-ring (bicyclic) bond motifs is 2. The van der Waals surface area contributed by atoms with Crippen LogP contribution in [-0.2, 0) is 54.4 Å². The predicted molar refractivity (Wildman–Crippen MR) is 246 cm³/mol. The Balaban J connectivity index is 0.000000231. The summed E-state index contributed by atoms with van der Waals surface area (Å²) >= 11 is 0. The number of alkyl halides is 3. The molecule has 2 aliphatic heterocycles. The van der Waals surface area contributed by atoms with Gasteiger partial charge < -0.3 is 23.6 Å². The van der Waals surface area contributed by atoms with Gasteiger partial charge in [0.05, 0.1) is 12.5 Å². The standard InChI is InChI=1S/C21H23N5O4.C17H18N4O.C5H6O3.C2HF3O.C2H6.CH4/c27-19(4-1-5-20(28)29)25-10-8-15(9-11-25)17-13-22-18(26-14-23-24-21(17)26)7-6-16-3-2-12-30-16;1-2-5-13(6-3-1)15-11-18-16(21-12-19-20-17(15)21)9-8-14-7-4-10-22-14;6-4-2-1-3-5(7)8-4;3-2(4,5)1-6;1-2;/h2-3,8,12-14H,1,4-7,9-11H2,(H,28,29);4-5,7,10-12H,1-3,6,8-9H2;1-3H2;1H;1-2H3;1H4/i;;;;1D;. The third-order valence-electron chi connectivity index (χ3n) is 10.6. The van der Waals surface area contributed by atoms with Gasteiger partial charge in [-0.05, 0) is 80.4 Å². The lowest BCUT2D eigenvalue weighted by Crippen LogP contribution is -2.34. The zero-order valence-electron chi connectivity index (χ0n) is 38.6. The van der Waals surface area contributed by atoms with Gasteiger partial charge in [0, 0.05) is 89.3 Å². The Morgan fingerprint density at radius 3 is 1.74 bits per heavy atom. The molecular weight excluding hydrogens is 904 g/mol. The number of allylic oxidation sites excluding steroid dienone is 2. The first kappa shape index (κ1) is 52.6. The van der Waals surface area contributed by atoms with Crippen molar-refractivity contribution >= 4 is 52.5 Å². The Bertz CT molecular complexity index is 2650. The van der Waals surface area contributed by atoms with Crippen molar-refractivity contribution in [2.24, 2.45) is 0 Å². The molecule has 6 aromatic rings. The Kier molecular flexibility index (Phi) is 21.0.